The Morgan fingerprint density at radius 1 is 1.40 bits per heavy atom. The molecule has 0 spiro atoms. The lowest BCUT2D eigenvalue weighted by Gasteiger charge is -2.36. The highest BCUT2D eigenvalue weighted by Crippen LogP contribution is 2.33. The molecular weight excluding hydrogens is 297 g/mol. The number of nitrogens with zero attached hydrogens (tertiary/aromatic N) is 2. The molecule has 1 N–H and O–H groups in total. The highest BCUT2D eigenvalue weighted by molar-refractivity contribution is 6.37. The van der Waals surface area contributed by atoms with Gasteiger partial charge in [0.15, 0.2) is 0 Å². The van der Waals surface area contributed by atoms with E-state index in [9.17, 15) is 0 Å². The molecule has 1 fully saturated rings. The summed E-state index contributed by atoms with van der Waals surface area (Å²) in [5.41, 5.74) is 0. The van der Waals surface area contributed by atoms with E-state index in [-0.39, 0.29) is 0 Å². The zero-order valence-corrected chi connectivity index (χ0v) is 13.5. The Hall–Kier alpha value is -0.710. The summed E-state index contributed by atoms with van der Waals surface area (Å²) >= 11 is 12.5. The number of aromatic nitrogens is 1. The third-order valence-electron chi connectivity index (χ3n) is 3.42. The molecule has 1 aliphatic heterocycles. The number of pyridine rings is 1. The molecule has 4 nitrogen and oxygen atoms in total. The Balaban J connectivity index is 2.29. The first kappa shape index (κ1) is 15.7. The third kappa shape index (κ3) is 3.48. The van der Waals surface area contributed by atoms with Crippen LogP contribution in [0.25, 0.3) is 0 Å². The van der Waals surface area contributed by atoms with E-state index in [1.807, 2.05) is 0 Å². The third-order valence-corrected chi connectivity index (χ3v) is 3.99. The monoisotopic (exact) mass is 317 g/mol. The molecule has 1 saturated heterocycles. The van der Waals surface area contributed by atoms with Crippen LogP contribution in [0.5, 0.6) is 0 Å². The largest absolute Gasteiger partial charge is 0.377 e. The summed E-state index contributed by atoms with van der Waals surface area (Å²) in [7, 11) is 0. The van der Waals surface area contributed by atoms with Gasteiger partial charge >= 0.3 is 0 Å². The van der Waals surface area contributed by atoms with Gasteiger partial charge in [-0.05, 0) is 18.9 Å². The Morgan fingerprint density at radius 2 is 2.20 bits per heavy atom. The molecule has 1 atom stereocenters. The molecule has 1 aromatic heterocycles. The predicted molar refractivity (Wildman–Crippen MR) is 85.3 cm³/mol. The first-order valence-corrected chi connectivity index (χ1v) is 7.87. The predicted octanol–water partition coefficient (Wildman–Crippen LogP) is 3.83. The summed E-state index contributed by atoms with van der Waals surface area (Å²) in [6.45, 7) is 7.32. The summed E-state index contributed by atoms with van der Waals surface area (Å²) in [6, 6.07) is 2.08. The zero-order valence-electron chi connectivity index (χ0n) is 12.0. The average Bonchev–Trinajstić information content (AvgIpc) is 2.46. The van der Waals surface area contributed by atoms with Crippen molar-refractivity contribution < 1.29 is 4.74 Å². The lowest BCUT2D eigenvalue weighted by atomic mass is 10.1. The van der Waals surface area contributed by atoms with Crippen LogP contribution in [0.4, 0.5) is 11.6 Å². The second-order valence-electron chi connectivity index (χ2n) is 4.88. The molecule has 0 saturated carbocycles. The Kier molecular flexibility index (Phi) is 5.75. The van der Waals surface area contributed by atoms with Gasteiger partial charge in [-0.15, -0.1) is 0 Å². The van der Waals surface area contributed by atoms with Crippen LogP contribution in [-0.2, 0) is 4.74 Å². The van der Waals surface area contributed by atoms with Gasteiger partial charge in [0, 0.05) is 13.1 Å². The van der Waals surface area contributed by atoms with Crippen LogP contribution in [-0.4, -0.2) is 37.3 Å². The molecule has 0 aromatic carbocycles. The van der Waals surface area contributed by atoms with Crippen molar-refractivity contribution in [1.29, 1.82) is 0 Å². The maximum absolute atomic E-state index is 6.33. The SMILES string of the molecule is CCCNc1nc(N2CCOCC2CC)c(Cl)cc1Cl. The van der Waals surface area contributed by atoms with Crippen molar-refractivity contribution in [1.82, 2.24) is 4.98 Å². The molecule has 2 rings (SSSR count). The molecule has 1 aromatic rings. The van der Waals surface area contributed by atoms with Crippen molar-refractivity contribution in [3.05, 3.63) is 16.1 Å². The summed E-state index contributed by atoms with van der Waals surface area (Å²) in [4.78, 5) is 6.85. The summed E-state index contributed by atoms with van der Waals surface area (Å²) in [5.74, 6) is 1.50. The summed E-state index contributed by atoms with van der Waals surface area (Å²) in [5, 5.41) is 4.40. The van der Waals surface area contributed by atoms with Crippen LogP contribution in [0.3, 0.4) is 0 Å². The van der Waals surface area contributed by atoms with E-state index >= 15 is 0 Å². The zero-order chi connectivity index (χ0) is 14.5. The standard InChI is InChI=1S/C14H21Cl2N3O/c1-3-5-17-13-11(15)8-12(16)14(18-13)19-6-7-20-9-10(19)4-2/h8,10H,3-7,9H2,1-2H3,(H,17,18). The minimum Gasteiger partial charge on any atom is -0.377 e. The number of ether oxygens (including phenoxy) is 1. The van der Waals surface area contributed by atoms with E-state index in [0.717, 1.165) is 38.4 Å². The van der Waals surface area contributed by atoms with Crippen LogP contribution in [0.2, 0.25) is 10.0 Å². The van der Waals surface area contributed by atoms with Crippen LogP contribution in [0.15, 0.2) is 6.07 Å². The fraction of sp³-hybridized carbons (Fsp3) is 0.643. The Labute approximate surface area is 130 Å². The number of halogens is 2. The van der Waals surface area contributed by atoms with Crippen molar-refractivity contribution in [3.8, 4) is 0 Å². The number of hydrogen-bond donors (Lipinski definition) is 1. The average molecular weight is 318 g/mol. The molecule has 1 unspecified atom stereocenters. The maximum atomic E-state index is 6.33. The second kappa shape index (κ2) is 7.34. The van der Waals surface area contributed by atoms with Gasteiger partial charge in [0.1, 0.15) is 11.6 Å². The van der Waals surface area contributed by atoms with E-state index in [1.165, 1.54) is 0 Å². The van der Waals surface area contributed by atoms with E-state index in [2.05, 4.69) is 29.0 Å². The van der Waals surface area contributed by atoms with Gasteiger partial charge in [-0.25, -0.2) is 4.98 Å². The smallest absolute Gasteiger partial charge is 0.150 e. The fourth-order valence-electron chi connectivity index (χ4n) is 2.30. The first-order valence-electron chi connectivity index (χ1n) is 7.11. The normalized spacial score (nSPS) is 19.2. The van der Waals surface area contributed by atoms with E-state index in [0.29, 0.717) is 28.5 Å². The molecule has 0 radical (unpaired) electrons. The second-order valence-corrected chi connectivity index (χ2v) is 5.70. The van der Waals surface area contributed by atoms with Gasteiger partial charge in [-0.1, -0.05) is 37.0 Å². The van der Waals surface area contributed by atoms with Crippen LogP contribution in [0.1, 0.15) is 26.7 Å². The van der Waals surface area contributed by atoms with Crippen molar-refractivity contribution in [2.75, 3.05) is 36.5 Å². The first-order chi connectivity index (χ1) is 9.67. The van der Waals surface area contributed by atoms with Crippen molar-refractivity contribution in [2.45, 2.75) is 32.7 Å². The molecule has 6 heteroatoms. The Bertz CT molecular complexity index is 456. The van der Waals surface area contributed by atoms with Crippen molar-refractivity contribution in [2.24, 2.45) is 0 Å². The maximum Gasteiger partial charge on any atom is 0.150 e. The minimum atomic E-state index is 0.314. The van der Waals surface area contributed by atoms with Crippen LogP contribution < -0.4 is 10.2 Å². The molecule has 112 valence electrons. The van der Waals surface area contributed by atoms with E-state index in [4.69, 9.17) is 27.9 Å². The summed E-state index contributed by atoms with van der Waals surface area (Å²) in [6.07, 6.45) is 2.02. The molecule has 1 aliphatic rings. The van der Waals surface area contributed by atoms with E-state index in [1.54, 1.807) is 6.07 Å². The highest BCUT2D eigenvalue weighted by atomic mass is 35.5. The van der Waals surface area contributed by atoms with Crippen molar-refractivity contribution >= 4 is 34.8 Å². The molecule has 20 heavy (non-hydrogen) atoms. The van der Waals surface area contributed by atoms with Gasteiger partial charge in [0.05, 0.1) is 29.3 Å². The molecule has 2 heterocycles. The van der Waals surface area contributed by atoms with Gasteiger partial charge < -0.3 is 15.0 Å². The summed E-state index contributed by atoms with van der Waals surface area (Å²) < 4.78 is 5.53. The fourth-order valence-corrected chi connectivity index (χ4v) is 2.83. The number of rotatable bonds is 5. The van der Waals surface area contributed by atoms with Crippen molar-refractivity contribution in [3.63, 3.8) is 0 Å². The lowest BCUT2D eigenvalue weighted by molar-refractivity contribution is 0.0926. The van der Waals surface area contributed by atoms with Gasteiger partial charge in [0.2, 0.25) is 0 Å². The molecule has 0 bridgehead atoms. The Morgan fingerprint density at radius 3 is 2.90 bits per heavy atom. The van der Waals surface area contributed by atoms with Crippen LogP contribution in [0, 0.1) is 0 Å². The number of nitrogens with one attached hydrogen (secondary N) is 1. The lowest BCUT2D eigenvalue weighted by Crippen LogP contribution is -2.45. The van der Waals surface area contributed by atoms with Gasteiger partial charge in [0.25, 0.3) is 0 Å². The number of hydrogen-bond acceptors (Lipinski definition) is 4. The molecule has 0 aliphatic carbocycles. The topological polar surface area (TPSA) is 37.4 Å². The van der Waals surface area contributed by atoms with Crippen LogP contribution >= 0.6 is 23.2 Å². The van der Waals surface area contributed by atoms with E-state index < -0.39 is 0 Å². The van der Waals surface area contributed by atoms with Gasteiger partial charge in [-0.2, -0.15) is 0 Å². The number of anilines is 2. The molecular formula is C14H21Cl2N3O. The quantitative estimate of drug-likeness (QED) is 0.895. The van der Waals surface area contributed by atoms with Gasteiger partial charge in [-0.3, -0.25) is 0 Å². The molecule has 0 amide bonds. The minimum absolute atomic E-state index is 0.314. The highest BCUT2D eigenvalue weighted by Gasteiger charge is 2.25. The number of morpholine rings is 1.